The monoisotopic (exact) mass is 498 g/mol. The van der Waals surface area contributed by atoms with Gasteiger partial charge in [0.1, 0.15) is 5.69 Å². The second kappa shape index (κ2) is 10.6. The smallest absolute Gasteiger partial charge is 0.273 e. The van der Waals surface area contributed by atoms with Gasteiger partial charge >= 0.3 is 0 Å². The molecule has 7 nitrogen and oxygen atoms in total. The molecule has 3 unspecified atom stereocenters. The number of rotatable bonds is 7. The average Bonchev–Trinajstić information content (AvgIpc) is 3.68. The van der Waals surface area contributed by atoms with E-state index in [0.29, 0.717) is 30.7 Å². The molecule has 37 heavy (non-hydrogen) atoms. The Kier molecular flexibility index (Phi) is 6.89. The summed E-state index contributed by atoms with van der Waals surface area (Å²) < 4.78 is 5.42. The quantitative estimate of drug-likeness (QED) is 0.540. The first-order valence-electron chi connectivity index (χ1n) is 13.4. The molecule has 1 aromatic heterocycles. The van der Waals surface area contributed by atoms with E-state index in [9.17, 15) is 9.59 Å². The first-order valence-corrected chi connectivity index (χ1v) is 13.4. The number of nitrogens with one attached hydrogen (secondary N) is 1. The number of hydrogen-bond donors (Lipinski definition) is 1. The van der Waals surface area contributed by atoms with Crippen LogP contribution in [0.3, 0.4) is 0 Å². The average molecular weight is 499 g/mol. The summed E-state index contributed by atoms with van der Waals surface area (Å²) in [5.41, 5.74) is 1.71. The van der Waals surface area contributed by atoms with Crippen molar-refractivity contribution < 1.29 is 14.3 Å². The lowest BCUT2D eigenvalue weighted by molar-refractivity contribution is -0.125. The molecule has 4 atom stereocenters. The number of hydrogen-bond acceptors (Lipinski definition) is 5. The Balaban J connectivity index is 1.06. The van der Waals surface area contributed by atoms with Gasteiger partial charge in [0, 0.05) is 50.9 Å². The van der Waals surface area contributed by atoms with Crippen LogP contribution in [0.1, 0.15) is 34.9 Å². The highest BCUT2D eigenvalue weighted by Gasteiger charge is 2.42. The number of amides is 2. The van der Waals surface area contributed by atoms with Crippen molar-refractivity contribution in [1.29, 1.82) is 0 Å². The fraction of sp³-hybridized carbons (Fsp3) is 0.433. The summed E-state index contributed by atoms with van der Waals surface area (Å²) in [4.78, 5) is 35.1. The number of fused-ring (bicyclic) bond motifs is 2. The Morgan fingerprint density at radius 3 is 2.49 bits per heavy atom. The predicted octanol–water partition coefficient (Wildman–Crippen LogP) is 3.52. The molecule has 0 aliphatic carbocycles. The van der Waals surface area contributed by atoms with Gasteiger partial charge < -0.3 is 19.9 Å². The number of ether oxygens (including phenoxy) is 1. The Hall–Kier alpha value is -3.29. The molecule has 2 aromatic carbocycles. The van der Waals surface area contributed by atoms with Crippen LogP contribution in [0.5, 0.6) is 0 Å². The van der Waals surface area contributed by atoms with E-state index in [2.05, 4.69) is 27.3 Å². The fourth-order valence-corrected chi connectivity index (χ4v) is 6.23. The van der Waals surface area contributed by atoms with Crippen LogP contribution in [0.25, 0.3) is 10.8 Å². The van der Waals surface area contributed by atoms with E-state index in [-0.39, 0.29) is 23.8 Å². The number of likely N-dealkylation sites (tertiary alicyclic amines) is 2. The molecule has 3 saturated heterocycles. The summed E-state index contributed by atoms with van der Waals surface area (Å²) >= 11 is 0. The maximum atomic E-state index is 13.4. The molecule has 4 heterocycles. The minimum atomic E-state index is -0.0444. The molecule has 7 heteroatoms. The van der Waals surface area contributed by atoms with E-state index in [0.717, 1.165) is 61.9 Å². The van der Waals surface area contributed by atoms with Crippen molar-refractivity contribution in [2.24, 2.45) is 17.8 Å². The summed E-state index contributed by atoms with van der Waals surface area (Å²) in [6, 6.07) is 20.2. The lowest BCUT2D eigenvalue weighted by Gasteiger charge is -2.25. The molecule has 0 saturated carbocycles. The van der Waals surface area contributed by atoms with Crippen molar-refractivity contribution in [3.63, 3.8) is 0 Å². The van der Waals surface area contributed by atoms with Gasteiger partial charge in [0.05, 0.1) is 18.6 Å². The van der Waals surface area contributed by atoms with Gasteiger partial charge in [0.25, 0.3) is 5.91 Å². The normalized spacial score (nSPS) is 24.3. The highest BCUT2D eigenvalue weighted by atomic mass is 16.5. The zero-order valence-electron chi connectivity index (χ0n) is 21.1. The number of pyridine rings is 1. The Labute approximate surface area is 217 Å². The molecule has 0 bridgehead atoms. The lowest BCUT2D eigenvalue weighted by atomic mass is 10.0. The molecular weight excluding hydrogens is 464 g/mol. The second-order valence-corrected chi connectivity index (χ2v) is 10.7. The van der Waals surface area contributed by atoms with Gasteiger partial charge in [-0.3, -0.25) is 14.6 Å². The molecule has 1 N–H and O–H groups in total. The third-order valence-corrected chi connectivity index (χ3v) is 8.28. The lowest BCUT2D eigenvalue weighted by Crippen LogP contribution is -2.37. The second-order valence-electron chi connectivity index (χ2n) is 10.7. The van der Waals surface area contributed by atoms with Crippen molar-refractivity contribution in [3.8, 4) is 0 Å². The van der Waals surface area contributed by atoms with E-state index in [4.69, 9.17) is 4.74 Å². The number of benzene rings is 2. The summed E-state index contributed by atoms with van der Waals surface area (Å²) in [5.74, 6) is 1.07. The number of carbonyl (C=O) groups is 2. The van der Waals surface area contributed by atoms with Crippen molar-refractivity contribution in [2.45, 2.75) is 18.9 Å². The Morgan fingerprint density at radius 2 is 1.73 bits per heavy atom. The first kappa shape index (κ1) is 24.1. The summed E-state index contributed by atoms with van der Waals surface area (Å²) in [7, 11) is 0. The molecule has 6 rings (SSSR count). The third-order valence-electron chi connectivity index (χ3n) is 8.28. The first-order chi connectivity index (χ1) is 18.2. The predicted molar refractivity (Wildman–Crippen MR) is 142 cm³/mol. The van der Waals surface area contributed by atoms with Gasteiger partial charge in [-0.25, -0.2) is 0 Å². The highest BCUT2D eigenvalue weighted by molar-refractivity contribution is 6.05. The van der Waals surface area contributed by atoms with E-state index < -0.39 is 0 Å². The molecule has 3 fully saturated rings. The minimum absolute atomic E-state index is 0.00903. The molecule has 3 aliphatic rings. The molecule has 3 aromatic rings. The van der Waals surface area contributed by atoms with Gasteiger partial charge in [-0.05, 0) is 41.7 Å². The Bertz CT molecular complexity index is 1240. The van der Waals surface area contributed by atoms with E-state index in [1.165, 1.54) is 0 Å². The van der Waals surface area contributed by atoms with Crippen LogP contribution in [0.4, 0.5) is 0 Å². The third kappa shape index (κ3) is 5.11. The standard InChI is InChI=1S/C30H34N4O3/c35-29(23-12-15-37-20-23)32-27(22-7-2-1-3-8-22)11-14-33-16-24-18-34(19-25(24)17-33)30(36)28-26-9-5-4-6-21(26)10-13-31-28/h1-10,13,23-25,27H,11-12,14-20H2,(H,32,35)/t23?,24?,25?,27-/m0/s1. The van der Waals surface area contributed by atoms with Crippen molar-refractivity contribution in [1.82, 2.24) is 20.1 Å². The maximum absolute atomic E-state index is 13.4. The molecule has 0 spiro atoms. The summed E-state index contributed by atoms with van der Waals surface area (Å²) in [5, 5.41) is 5.27. The number of carbonyl (C=O) groups excluding carboxylic acids is 2. The minimum Gasteiger partial charge on any atom is -0.381 e. The topological polar surface area (TPSA) is 74.8 Å². The molecule has 0 radical (unpaired) electrons. The van der Waals surface area contributed by atoms with Crippen molar-refractivity contribution in [3.05, 3.63) is 78.1 Å². The van der Waals surface area contributed by atoms with Crippen LogP contribution in [0.2, 0.25) is 0 Å². The van der Waals surface area contributed by atoms with Crippen LogP contribution >= 0.6 is 0 Å². The molecule has 3 aliphatic heterocycles. The zero-order chi connectivity index (χ0) is 25.2. The summed E-state index contributed by atoms with van der Waals surface area (Å²) in [6.45, 7) is 5.66. The van der Waals surface area contributed by atoms with Crippen LogP contribution in [-0.4, -0.2) is 72.5 Å². The van der Waals surface area contributed by atoms with E-state index in [1.807, 2.05) is 53.4 Å². The van der Waals surface area contributed by atoms with Gasteiger partial charge in [-0.2, -0.15) is 0 Å². The van der Waals surface area contributed by atoms with Gasteiger partial charge in [0.15, 0.2) is 0 Å². The van der Waals surface area contributed by atoms with Crippen molar-refractivity contribution in [2.75, 3.05) is 45.9 Å². The van der Waals surface area contributed by atoms with Crippen LogP contribution in [0, 0.1) is 17.8 Å². The van der Waals surface area contributed by atoms with Crippen molar-refractivity contribution >= 4 is 22.6 Å². The molecule has 192 valence electrons. The zero-order valence-corrected chi connectivity index (χ0v) is 21.1. The van der Waals surface area contributed by atoms with Gasteiger partial charge in [0.2, 0.25) is 5.91 Å². The number of aromatic nitrogens is 1. The summed E-state index contributed by atoms with van der Waals surface area (Å²) in [6.07, 6.45) is 3.40. The van der Waals surface area contributed by atoms with Crippen LogP contribution in [-0.2, 0) is 9.53 Å². The van der Waals surface area contributed by atoms with Crippen LogP contribution in [0.15, 0.2) is 66.9 Å². The Morgan fingerprint density at radius 1 is 0.973 bits per heavy atom. The largest absolute Gasteiger partial charge is 0.381 e. The van der Waals surface area contributed by atoms with E-state index >= 15 is 0 Å². The van der Waals surface area contributed by atoms with Crippen LogP contribution < -0.4 is 5.32 Å². The van der Waals surface area contributed by atoms with Gasteiger partial charge in [-0.1, -0.05) is 54.6 Å². The van der Waals surface area contributed by atoms with E-state index in [1.54, 1.807) is 6.20 Å². The van der Waals surface area contributed by atoms with Gasteiger partial charge in [-0.15, -0.1) is 0 Å². The fourth-order valence-electron chi connectivity index (χ4n) is 6.23. The maximum Gasteiger partial charge on any atom is 0.273 e. The molecule has 2 amide bonds. The molecular formula is C30H34N4O3. The SMILES string of the molecule is O=C(N[C@@H](CCN1CC2CN(C(=O)c3nccc4ccccc34)CC2C1)c1ccccc1)C1CCOC1. The highest BCUT2D eigenvalue weighted by Crippen LogP contribution is 2.33. The number of nitrogens with zero attached hydrogens (tertiary/aromatic N) is 3.